The fraction of sp³-hybridized carbons (Fsp3) is 0.476. The molecule has 0 aliphatic carbocycles. The molecule has 2 unspecified atom stereocenters. The Bertz CT molecular complexity index is 2070. The molecule has 3 fully saturated rings. The number of aromatic amines is 1. The monoisotopic (exact) mass is 698 g/mol. The molecule has 26 heteroatoms. The van der Waals surface area contributed by atoms with E-state index in [1.165, 1.54) is 23.2 Å². The van der Waals surface area contributed by atoms with E-state index in [4.69, 9.17) is 39.0 Å². The normalized spacial score (nSPS) is 36.3. The van der Waals surface area contributed by atoms with Gasteiger partial charge < -0.3 is 35.8 Å². The topological polar surface area (TPSA) is 345 Å². The predicted octanol–water partition coefficient (Wildman–Crippen LogP) is -0.418. The van der Waals surface area contributed by atoms with E-state index in [1.807, 2.05) is 0 Å². The van der Waals surface area contributed by atoms with Gasteiger partial charge in [-0.25, -0.2) is 24.1 Å². The number of nitrogens with zero attached hydrogens (tertiary/aromatic N) is 9. The summed E-state index contributed by atoms with van der Waals surface area (Å²) in [5.41, 5.74) is 20.6. The average molecular weight is 698 g/mol. The predicted molar refractivity (Wildman–Crippen MR) is 153 cm³/mol. The van der Waals surface area contributed by atoms with E-state index in [1.54, 1.807) is 0 Å². The fourth-order valence-corrected chi connectivity index (χ4v) is 7.42. The Morgan fingerprint density at radius 2 is 1.57 bits per heavy atom. The van der Waals surface area contributed by atoms with E-state index >= 15 is 0 Å². The quantitative estimate of drug-likeness (QED) is 0.0684. The molecule has 8 N–H and O–H groups in total. The first-order chi connectivity index (χ1) is 22.4. The van der Waals surface area contributed by atoms with Crippen LogP contribution in [0, 0.1) is 0 Å². The number of nitrogens with one attached hydrogen (secondary N) is 1. The van der Waals surface area contributed by atoms with Crippen LogP contribution in [0.1, 0.15) is 12.5 Å². The minimum Gasteiger partial charge on any atom is -0.397 e. The third kappa shape index (κ3) is 5.65. The lowest BCUT2D eigenvalue weighted by Gasteiger charge is -2.26. The molecule has 4 aromatic heterocycles. The summed E-state index contributed by atoms with van der Waals surface area (Å²) in [5, 5.41) is 14.7. The number of rotatable bonds is 3. The van der Waals surface area contributed by atoms with Crippen molar-refractivity contribution in [2.24, 2.45) is 5.11 Å². The van der Waals surface area contributed by atoms with E-state index in [-0.39, 0.29) is 34.0 Å². The number of aliphatic hydroxyl groups excluding tert-OH is 1. The first-order valence-corrected chi connectivity index (χ1v) is 16.5. The van der Waals surface area contributed by atoms with E-state index in [2.05, 4.69) is 34.9 Å². The second kappa shape index (κ2) is 11.6. The zero-order valence-electron chi connectivity index (χ0n) is 23.4. The minimum atomic E-state index is -5.13. The van der Waals surface area contributed by atoms with Gasteiger partial charge in [-0.2, -0.15) is 4.98 Å². The van der Waals surface area contributed by atoms with Gasteiger partial charge in [0.1, 0.15) is 29.9 Å². The Morgan fingerprint density at radius 1 is 0.957 bits per heavy atom. The summed E-state index contributed by atoms with van der Waals surface area (Å²) >= 11 is 0. The number of phosphoric ester groups is 2. The van der Waals surface area contributed by atoms with E-state index < -0.39 is 83.4 Å². The van der Waals surface area contributed by atoms with Crippen LogP contribution in [0.4, 0.5) is 11.6 Å². The summed E-state index contributed by atoms with van der Waals surface area (Å²) < 4.78 is 62.1. The standard InChI is InChI=1S/C21H24N12O12P2/c22-7-1-2-25-16-10(7)26-5-32(16)19-14-11(30-31-24)8(42-19)3-40-47(38,39)45-15-13(34)9(4-41-46(36,37)44-14)43-20(15)33-6-27-12-17(33)28-21(23)29-18(12)35/h1-2,5-6,8-9,11,13-15,19-20,34H,3-4H2,(H2,22,25)(H,36,37)(H,38,39)(H3,23,28,29,35)/t8-,9-,11-,13-,14-,15-,19-,20-/m1/s1. The molecule has 10 atom stereocenters. The van der Waals surface area contributed by atoms with E-state index in [0.29, 0.717) is 0 Å². The Hall–Kier alpha value is -4.02. The van der Waals surface area contributed by atoms with Crippen molar-refractivity contribution in [3.05, 3.63) is 45.7 Å². The van der Waals surface area contributed by atoms with Crippen LogP contribution < -0.4 is 17.0 Å². The first-order valence-electron chi connectivity index (χ1n) is 13.5. The van der Waals surface area contributed by atoms with Gasteiger partial charge in [0, 0.05) is 11.1 Å². The molecule has 0 spiro atoms. The number of hydrogen-bond acceptors (Lipinski definition) is 17. The number of fused-ring (bicyclic) bond motifs is 6. The van der Waals surface area contributed by atoms with Crippen LogP contribution in [-0.4, -0.2) is 98.7 Å². The summed E-state index contributed by atoms with van der Waals surface area (Å²) in [5.74, 6) is -0.293. The molecule has 3 aliphatic rings. The number of nitrogen functional groups attached to an aromatic ring is 2. The van der Waals surface area contributed by atoms with Crippen molar-refractivity contribution < 1.29 is 51.6 Å². The number of aromatic nitrogens is 7. The van der Waals surface area contributed by atoms with Gasteiger partial charge in [0.2, 0.25) is 5.95 Å². The van der Waals surface area contributed by atoms with Gasteiger partial charge in [-0.1, -0.05) is 5.11 Å². The van der Waals surface area contributed by atoms with Gasteiger partial charge in [-0.3, -0.25) is 37.0 Å². The highest BCUT2D eigenvalue weighted by atomic mass is 31.2. The van der Waals surface area contributed by atoms with Gasteiger partial charge in [0.15, 0.2) is 29.3 Å². The van der Waals surface area contributed by atoms with Crippen LogP contribution in [0.2, 0.25) is 0 Å². The molecule has 7 rings (SSSR count). The number of ether oxygens (including phenoxy) is 2. The molecular weight excluding hydrogens is 674 g/mol. The number of phosphoric acid groups is 2. The summed E-state index contributed by atoms with van der Waals surface area (Å²) in [6.07, 6.45) is -7.22. The molecule has 0 aromatic carbocycles. The zero-order valence-corrected chi connectivity index (χ0v) is 25.2. The molecule has 250 valence electrons. The van der Waals surface area contributed by atoms with E-state index in [0.717, 1.165) is 10.9 Å². The number of imidazole rings is 2. The van der Waals surface area contributed by atoms with Crippen molar-refractivity contribution in [1.29, 1.82) is 0 Å². The zero-order chi connectivity index (χ0) is 33.2. The SMILES string of the molecule is [N-]=[N+]=N[C@H]1[C@H]2OP(=O)(O)OC[C@H]3O[C@@H](n4cnc5c(=O)[nH]c(N)nc54)[C@H](OP(=O)(O)OC[C@H]1O[C@H]2n1cnc2c(N)ccnc21)[C@@H]3O. The summed E-state index contributed by atoms with van der Waals surface area (Å²) in [6.45, 7) is -1.64. The molecule has 24 nitrogen and oxygen atoms in total. The Labute approximate surface area is 260 Å². The summed E-state index contributed by atoms with van der Waals surface area (Å²) in [6, 6.07) is 0.0441. The Balaban J connectivity index is 1.26. The van der Waals surface area contributed by atoms with Crippen LogP contribution in [0.3, 0.4) is 0 Å². The highest BCUT2D eigenvalue weighted by Crippen LogP contribution is 2.54. The lowest BCUT2D eigenvalue weighted by atomic mass is 10.1. The molecule has 0 amide bonds. The highest BCUT2D eigenvalue weighted by molar-refractivity contribution is 7.47. The van der Waals surface area contributed by atoms with Crippen molar-refractivity contribution in [2.75, 3.05) is 24.7 Å². The average Bonchev–Trinajstić information content (AvgIpc) is 3.76. The minimum absolute atomic E-state index is 0.140. The maximum Gasteiger partial charge on any atom is 0.472 e. The van der Waals surface area contributed by atoms with Crippen LogP contribution in [0.15, 0.2) is 34.8 Å². The number of nitrogens with two attached hydrogens (primary N) is 2. The summed E-state index contributed by atoms with van der Waals surface area (Å²) in [7, 11) is -10.2. The first kappa shape index (κ1) is 31.6. The van der Waals surface area contributed by atoms with Gasteiger partial charge in [0.05, 0.1) is 43.7 Å². The molecule has 47 heavy (non-hydrogen) atoms. The number of aliphatic hydroxyl groups is 1. The molecule has 3 aliphatic heterocycles. The lowest BCUT2D eigenvalue weighted by molar-refractivity contribution is -0.0673. The van der Waals surface area contributed by atoms with Gasteiger partial charge in [0.25, 0.3) is 5.56 Å². The van der Waals surface area contributed by atoms with Crippen molar-refractivity contribution in [3.8, 4) is 0 Å². The van der Waals surface area contributed by atoms with Crippen LogP contribution in [-0.2, 0) is 36.7 Å². The smallest absolute Gasteiger partial charge is 0.397 e. The fourth-order valence-electron chi connectivity index (χ4n) is 5.56. The molecular formula is C21H24N12O12P2. The molecule has 0 radical (unpaired) electrons. The third-order valence-corrected chi connectivity index (χ3v) is 9.59. The molecule has 4 aromatic rings. The Kier molecular flexibility index (Phi) is 7.79. The third-order valence-electron chi connectivity index (χ3n) is 7.62. The molecule has 7 heterocycles. The number of H-pyrrole nitrogens is 1. The lowest BCUT2D eigenvalue weighted by Crippen LogP contribution is -2.37. The van der Waals surface area contributed by atoms with Crippen molar-refractivity contribution in [1.82, 2.24) is 34.1 Å². The number of hydrogen-bond donors (Lipinski definition) is 6. The Morgan fingerprint density at radius 3 is 2.30 bits per heavy atom. The highest BCUT2D eigenvalue weighted by Gasteiger charge is 2.54. The second-order valence-electron chi connectivity index (χ2n) is 10.5. The van der Waals surface area contributed by atoms with E-state index in [9.17, 15) is 34.3 Å². The maximum atomic E-state index is 13.3. The van der Waals surface area contributed by atoms with Crippen LogP contribution in [0.25, 0.3) is 32.8 Å². The number of pyridine rings is 1. The molecule has 0 saturated carbocycles. The molecule has 4 bridgehead atoms. The van der Waals surface area contributed by atoms with Gasteiger partial charge in [-0.15, -0.1) is 0 Å². The van der Waals surface area contributed by atoms with Crippen molar-refractivity contribution in [3.63, 3.8) is 0 Å². The van der Waals surface area contributed by atoms with Gasteiger partial charge in [-0.05, 0) is 11.6 Å². The van der Waals surface area contributed by atoms with Crippen LogP contribution >= 0.6 is 15.6 Å². The largest absolute Gasteiger partial charge is 0.472 e. The van der Waals surface area contributed by atoms with Crippen molar-refractivity contribution >= 4 is 49.6 Å². The maximum absolute atomic E-state index is 13.3. The van der Waals surface area contributed by atoms with Crippen molar-refractivity contribution in [2.45, 2.75) is 49.0 Å². The number of azide groups is 1. The summed E-state index contributed by atoms with van der Waals surface area (Å²) in [4.78, 5) is 55.3. The number of anilines is 2. The van der Waals surface area contributed by atoms with Crippen LogP contribution in [0.5, 0.6) is 0 Å². The molecule has 3 saturated heterocycles. The second-order valence-corrected chi connectivity index (χ2v) is 13.3. The van der Waals surface area contributed by atoms with Gasteiger partial charge >= 0.3 is 15.6 Å².